The number of nitrogens with one attached hydrogen (secondary N) is 1. The zero-order chi connectivity index (χ0) is 18.7. The number of halogens is 3. The van der Waals surface area contributed by atoms with Crippen LogP contribution in [-0.4, -0.2) is 60.7 Å². The second-order valence-electron chi connectivity index (χ2n) is 6.50. The summed E-state index contributed by atoms with van der Waals surface area (Å²) in [5.41, 5.74) is 0.395. The van der Waals surface area contributed by atoms with Crippen LogP contribution in [0.3, 0.4) is 0 Å². The summed E-state index contributed by atoms with van der Waals surface area (Å²) in [5, 5.41) is 2.64. The maximum absolute atomic E-state index is 12.1. The number of hydrogen-bond acceptors (Lipinski definition) is 4. The van der Waals surface area contributed by atoms with E-state index in [1.807, 2.05) is 9.80 Å². The Bertz CT molecular complexity index is 651. The molecule has 1 aliphatic carbocycles. The summed E-state index contributed by atoms with van der Waals surface area (Å²) in [5.74, 6) is -0.173. The number of benzene rings is 1. The molecule has 1 aliphatic heterocycles. The molecule has 1 aromatic carbocycles. The summed E-state index contributed by atoms with van der Waals surface area (Å²) in [6.45, 7) is 2.67. The molecule has 0 unspecified atom stereocenters. The van der Waals surface area contributed by atoms with Crippen LogP contribution in [0.25, 0.3) is 0 Å². The average molecular weight is 371 g/mol. The van der Waals surface area contributed by atoms with Crippen molar-refractivity contribution < 1.29 is 27.5 Å². The van der Waals surface area contributed by atoms with Crippen molar-refractivity contribution in [3.8, 4) is 5.75 Å². The second-order valence-corrected chi connectivity index (χ2v) is 6.50. The number of alkyl halides is 3. The van der Waals surface area contributed by atoms with Gasteiger partial charge < -0.3 is 15.0 Å². The SMILES string of the molecule is O=C(CN1CCN(C(=O)C2CC2)CC1)Nc1ccc(OC(F)(F)F)cc1. The van der Waals surface area contributed by atoms with Crippen molar-refractivity contribution in [1.82, 2.24) is 9.80 Å². The molecule has 0 aromatic heterocycles. The Kier molecular flexibility index (Phi) is 5.36. The summed E-state index contributed by atoms with van der Waals surface area (Å²) in [6.07, 6.45) is -2.78. The normalized spacial score (nSPS) is 18.5. The fourth-order valence-corrected chi connectivity index (χ4v) is 2.86. The van der Waals surface area contributed by atoms with Gasteiger partial charge in [-0.15, -0.1) is 13.2 Å². The molecule has 3 rings (SSSR count). The van der Waals surface area contributed by atoms with Gasteiger partial charge in [0.15, 0.2) is 0 Å². The van der Waals surface area contributed by atoms with Crippen LogP contribution in [0, 0.1) is 5.92 Å². The summed E-state index contributed by atoms with van der Waals surface area (Å²) in [7, 11) is 0. The molecule has 1 N–H and O–H groups in total. The van der Waals surface area contributed by atoms with Gasteiger partial charge in [0.05, 0.1) is 6.54 Å². The minimum atomic E-state index is -4.74. The van der Waals surface area contributed by atoms with Crippen molar-refractivity contribution in [1.29, 1.82) is 0 Å². The topological polar surface area (TPSA) is 61.9 Å². The van der Waals surface area contributed by atoms with Gasteiger partial charge >= 0.3 is 6.36 Å². The molecular weight excluding hydrogens is 351 g/mol. The van der Waals surface area contributed by atoms with E-state index in [1.54, 1.807) is 0 Å². The molecule has 26 heavy (non-hydrogen) atoms. The molecule has 0 radical (unpaired) electrons. The van der Waals surface area contributed by atoms with E-state index in [0.717, 1.165) is 25.0 Å². The largest absolute Gasteiger partial charge is 0.573 e. The Morgan fingerprint density at radius 3 is 2.23 bits per heavy atom. The number of hydrogen-bond donors (Lipinski definition) is 1. The molecule has 2 aliphatic rings. The minimum Gasteiger partial charge on any atom is -0.406 e. The Morgan fingerprint density at radius 1 is 1.08 bits per heavy atom. The van der Waals surface area contributed by atoms with Crippen LogP contribution in [-0.2, 0) is 9.59 Å². The van der Waals surface area contributed by atoms with Gasteiger partial charge in [-0.1, -0.05) is 0 Å². The standard InChI is InChI=1S/C17H20F3N3O3/c18-17(19,20)26-14-5-3-13(4-6-14)21-15(24)11-22-7-9-23(10-8-22)16(25)12-1-2-12/h3-6,12H,1-2,7-11H2,(H,21,24). The van der Waals surface area contributed by atoms with E-state index >= 15 is 0 Å². The predicted molar refractivity (Wildman–Crippen MR) is 87.5 cm³/mol. The fraction of sp³-hybridized carbons (Fsp3) is 0.529. The third-order valence-corrected chi connectivity index (χ3v) is 4.35. The van der Waals surface area contributed by atoms with Gasteiger partial charge in [-0.25, -0.2) is 0 Å². The van der Waals surface area contributed by atoms with Gasteiger partial charge in [0.2, 0.25) is 11.8 Å². The highest BCUT2D eigenvalue weighted by Gasteiger charge is 2.34. The molecule has 142 valence electrons. The predicted octanol–water partition coefficient (Wildman–Crippen LogP) is 2.08. The lowest BCUT2D eigenvalue weighted by Crippen LogP contribution is -2.50. The smallest absolute Gasteiger partial charge is 0.406 e. The van der Waals surface area contributed by atoms with E-state index in [0.29, 0.717) is 31.9 Å². The Labute approximate surface area is 148 Å². The number of carbonyl (C=O) groups is 2. The highest BCUT2D eigenvalue weighted by atomic mass is 19.4. The van der Waals surface area contributed by atoms with E-state index in [2.05, 4.69) is 10.1 Å². The lowest BCUT2D eigenvalue weighted by atomic mass is 10.2. The fourth-order valence-electron chi connectivity index (χ4n) is 2.86. The molecule has 0 atom stereocenters. The molecule has 9 heteroatoms. The quantitative estimate of drug-likeness (QED) is 0.861. The third kappa shape index (κ3) is 5.35. The van der Waals surface area contributed by atoms with E-state index in [4.69, 9.17) is 0 Å². The average Bonchev–Trinajstić information content (AvgIpc) is 3.40. The number of carbonyl (C=O) groups excluding carboxylic acids is 2. The van der Waals surface area contributed by atoms with Crippen LogP contribution in [0.2, 0.25) is 0 Å². The lowest BCUT2D eigenvalue weighted by Gasteiger charge is -2.34. The van der Waals surface area contributed by atoms with E-state index in [1.165, 1.54) is 12.1 Å². The minimum absolute atomic E-state index is 0.173. The van der Waals surface area contributed by atoms with Crippen LogP contribution in [0.15, 0.2) is 24.3 Å². The monoisotopic (exact) mass is 371 g/mol. The molecule has 1 aromatic rings. The van der Waals surface area contributed by atoms with Crippen LogP contribution in [0.1, 0.15) is 12.8 Å². The Morgan fingerprint density at radius 2 is 1.69 bits per heavy atom. The number of nitrogens with zero attached hydrogens (tertiary/aromatic N) is 2. The van der Waals surface area contributed by atoms with E-state index in [9.17, 15) is 22.8 Å². The zero-order valence-corrected chi connectivity index (χ0v) is 14.1. The van der Waals surface area contributed by atoms with Crippen molar-refractivity contribution >= 4 is 17.5 Å². The first-order valence-electron chi connectivity index (χ1n) is 8.47. The van der Waals surface area contributed by atoms with Crippen molar-refractivity contribution in [2.24, 2.45) is 5.92 Å². The molecule has 1 saturated heterocycles. The number of anilines is 1. The van der Waals surface area contributed by atoms with E-state index < -0.39 is 6.36 Å². The maximum atomic E-state index is 12.1. The van der Waals surface area contributed by atoms with Crippen LogP contribution in [0.5, 0.6) is 5.75 Å². The molecular formula is C17H20F3N3O3. The summed E-state index contributed by atoms with van der Waals surface area (Å²) < 4.78 is 40.1. The van der Waals surface area contributed by atoms with Gasteiger partial charge in [-0.2, -0.15) is 0 Å². The van der Waals surface area contributed by atoms with Crippen molar-refractivity contribution in [3.05, 3.63) is 24.3 Å². The number of rotatable bonds is 5. The number of amides is 2. The highest BCUT2D eigenvalue weighted by molar-refractivity contribution is 5.92. The van der Waals surface area contributed by atoms with Crippen LogP contribution < -0.4 is 10.1 Å². The lowest BCUT2D eigenvalue weighted by molar-refractivity contribution is -0.274. The Balaban J connectivity index is 1.42. The Hall–Kier alpha value is -2.29. The van der Waals surface area contributed by atoms with Gasteiger partial charge in [-0.05, 0) is 37.1 Å². The molecule has 6 nitrogen and oxygen atoms in total. The highest BCUT2D eigenvalue weighted by Crippen LogP contribution is 2.31. The zero-order valence-electron chi connectivity index (χ0n) is 14.1. The maximum Gasteiger partial charge on any atom is 0.573 e. The molecule has 1 saturated carbocycles. The van der Waals surface area contributed by atoms with Crippen LogP contribution >= 0.6 is 0 Å². The van der Waals surface area contributed by atoms with Gasteiger partial charge in [0, 0.05) is 37.8 Å². The third-order valence-electron chi connectivity index (χ3n) is 4.35. The number of piperazine rings is 1. The van der Waals surface area contributed by atoms with Crippen molar-refractivity contribution in [2.75, 3.05) is 38.0 Å². The molecule has 0 bridgehead atoms. The molecule has 1 heterocycles. The molecule has 0 spiro atoms. The first-order chi connectivity index (χ1) is 12.3. The summed E-state index contributed by atoms with van der Waals surface area (Å²) >= 11 is 0. The summed E-state index contributed by atoms with van der Waals surface area (Å²) in [4.78, 5) is 27.9. The second kappa shape index (κ2) is 7.53. The van der Waals surface area contributed by atoms with Gasteiger partial charge in [0.1, 0.15) is 5.75 Å². The first-order valence-corrected chi connectivity index (χ1v) is 8.47. The number of ether oxygens (including phenoxy) is 1. The van der Waals surface area contributed by atoms with Gasteiger partial charge in [0.25, 0.3) is 0 Å². The molecule has 2 fully saturated rings. The van der Waals surface area contributed by atoms with Crippen molar-refractivity contribution in [3.63, 3.8) is 0 Å². The first kappa shape index (κ1) is 18.5. The van der Waals surface area contributed by atoms with E-state index in [-0.39, 0.29) is 30.0 Å². The van der Waals surface area contributed by atoms with Crippen molar-refractivity contribution in [2.45, 2.75) is 19.2 Å². The summed E-state index contributed by atoms with van der Waals surface area (Å²) in [6, 6.07) is 4.99. The molecule has 2 amide bonds. The van der Waals surface area contributed by atoms with Crippen LogP contribution in [0.4, 0.5) is 18.9 Å². The van der Waals surface area contributed by atoms with Gasteiger partial charge in [-0.3, -0.25) is 14.5 Å².